The molecule has 0 bridgehead atoms. The van der Waals surface area contributed by atoms with Crippen LogP contribution >= 0.6 is 15.9 Å². The van der Waals surface area contributed by atoms with Gasteiger partial charge in [-0.25, -0.2) is 4.39 Å². The lowest BCUT2D eigenvalue weighted by Gasteiger charge is -2.09. The second kappa shape index (κ2) is 6.47. The molecule has 0 amide bonds. The molecule has 0 aliphatic rings. The summed E-state index contributed by atoms with van der Waals surface area (Å²) >= 11 is 3.16. The van der Waals surface area contributed by atoms with Crippen molar-refractivity contribution in [3.63, 3.8) is 0 Å². The number of nitro groups is 1. The van der Waals surface area contributed by atoms with Crippen LogP contribution in [0.3, 0.4) is 0 Å². The molecular weight excluding hydrogens is 329 g/mol. The zero-order valence-corrected chi connectivity index (χ0v) is 12.0. The Kier molecular flexibility index (Phi) is 4.68. The van der Waals surface area contributed by atoms with Gasteiger partial charge in [0.2, 0.25) is 0 Å². The first kappa shape index (κ1) is 14.5. The van der Waals surface area contributed by atoms with Crippen molar-refractivity contribution >= 4 is 21.6 Å². The van der Waals surface area contributed by atoms with Crippen LogP contribution in [0, 0.1) is 15.9 Å². The van der Waals surface area contributed by atoms with Crippen LogP contribution in [0.4, 0.5) is 10.1 Å². The molecule has 2 aromatic rings. The van der Waals surface area contributed by atoms with Crippen molar-refractivity contribution in [1.82, 2.24) is 0 Å². The topological polar surface area (TPSA) is 52.4 Å². The first-order chi connectivity index (χ1) is 9.63. The van der Waals surface area contributed by atoms with E-state index >= 15 is 0 Å². The molecule has 0 aromatic heterocycles. The fourth-order valence-electron chi connectivity index (χ4n) is 1.79. The summed E-state index contributed by atoms with van der Waals surface area (Å²) in [5.74, 6) is -0.231. The monoisotopic (exact) mass is 339 g/mol. The van der Waals surface area contributed by atoms with E-state index < -0.39 is 10.7 Å². The summed E-state index contributed by atoms with van der Waals surface area (Å²) in [4.78, 5) is 10.3. The predicted molar refractivity (Wildman–Crippen MR) is 77.1 cm³/mol. The molecule has 6 heteroatoms. The Morgan fingerprint density at radius 1 is 1.20 bits per heavy atom. The molecule has 0 N–H and O–H groups in total. The van der Waals surface area contributed by atoms with Gasteiger partial charge in [-0.1, -0.05) is 34.1 Å². The molecule has 0 fully saturated rings. The maximum atomic E-state index is 14.3. The maximum absolute atomic E-state index is 14.3. The highest BCUT2D eigenvalue weighted by Gasteiger charge is 2.21. The van der Waals surface area contributed by atoms with E-state index in [1.807, 2.05) is 6.07 Å². The zero-order chi connectivity index (χ0) is 14.5. The minimum absolute atomic E-state index is 0.0160. The Labute approximate surface area is 123 Å². The summed E-state index contributed by atoms with van der Waals surface area (Å²) < 4.78 is 19.7. The van der Waals surface area contributed by atoms with Crippen molar-refractivity contribution in [3.8, 4) is 11.5 Å². The lowest BCUT2D eigenvalue weighted by molar-refractivity contribution is -0.385. The average molecular weight is 340 g/mol. The van der Waals surface area contributed by atoms with Crippen molar-refractivity contribution in [3.05, 3.63) is 64.0 Å². The van der Waals surface area contributed by atoms with E-state index in [9.17, 15) is 14.5 Å². The fourth-order valence-corrected chi connectivity index (χ4v) is 2.18. The normalized spacial score (nSPS) is 10.3. The Morgan fingerprint density at radius 2 is 1.90 bits per heavy atom. The third-order valence-corrected chi connectivity index (χ3v) is 3.09. The van der Waals surface area contributed by atoms with Crippen LogP contribution in [0.25, 0.3) is 0 Å². The molecule has 0 aliphatic carbocycles. The number of hydrogen-bond donors (Lipinski definition) is 0. The number of para-hydroxylation sites is 1. The molecule has 0 radical (unpaired) electrons. The SMILES string of the molecule is O=[N+]([O-])c1ccc(Oc2ccccc2)c(F)c1CCBr. The van der Waals surface area contributed by atoms with Gasteiger partial charge in [0.15, 0.2) is 11.6 Å². The fraction of sp³-hybridized carbons (Fsp3) is 0.143. The summed E-state index contributed by atoms with van der Waals surface area (Å²) in [6, 6.07) is 11.2. The highest BCUT2D eigenvalue weighted by Crippen LogP contribution is 2.32. The third kappa shape index (κ3) is 3.14. The van der Waals surface area contributed by atoms with Crippen LogP contribution in [-0.2, 0) is 6.42 Å². The summed E-state index contributed by atoms with van der Waals surface area (Å²) in [7, 11) is 0. The van der Waals surface area contributed by atoms with Crippen LogP contribution in [0.2, 0.25) is 0 Å². The van der Waals surface area contributed by atoms with Gasteiger partial charge >= 0.3 is 0 Å². The van der Waals surface area contributed by atoms with E-state index in [-0.39, 0.29) is 23.4 Å². The van der Waals surface area contributed by atoms with Gasteiger partial charge in [0.1, 0.15) is 5.75 Å². The van der Waals surface area contributed by atoms with Crippen LogP contribution in [-0.4, -0.2) is 10.3 Å². The molecular formula is C14H11BrFNO3. The molecule has 2 aromatic carbocycles. The Bertz CT molecular complexity index is 619. The van der Waals surface area contributed by atoms with Crippen LogP contribution in [0.1, 0.15) is 5.56 Å². The number of benzene rings is 2. The largest absolute Gasteiger partial charge is 0.454 e. The second-order valence-corrected chi connectivity index (χ2v) is 4.78. The van der Waals surface area contributed by atoms with E-state index in [0.29, 0.717) is 11.1 Å². The van der Waals surface area contributed by atoms with Crippen molar-refractivity contribution in [2.24, 2.45) is 0 Å². The maximum Gasteiger partial charge on any atom is 0.275 e. The summed E-state index contributed by atoms with van der Waals surface area (Å²) in [6.07, 6.45) is 0.216. The number of nitrogens with zero attached hydrogens (tertiary/aromatic N) is 1. The summed E-state index contributed by atoms with van der Waals surface area (Å²) in [6.45, 7) is 0. The quantitative estimate of drug-likeness (QED) is 0.459. The summed E-state index contributed by atoms with van der Waals surface area (Å²) in [5.41, 5.74) is -0.192. The first-order valence-corrected chi connectivity index (χ1v) is 7.00. The Hall–Kier alpha value is -1.95. The molecule has 20 heavy (non-hydrogen) atoms. The average Bonchev–Trinajstić information content (AvgIpc) is 2.44. The number of nitro benzene ring substituents is 1. The number of alkyl halides is 1. The molecule has 0 aliphatic heterocycles. The first-order valence-electron chi connectivity index (χ1n) is 5.88. The van der Waals surface area contributed by atoms with Crippen LogP contribution < -0.4 is 4.74 Å². The molecule has 0 heterocycles. The Balaban J connectivity index is 2.40. The lowest BCUT2D eigenvalue weighted by Crippen LogP contribution is -2.02. The van der Waals surface area contributed by atoms with Gasteiger partial charge in [0.05, 0.1) is 10.5 Å². The minimum atomic E-state index is -0.692. The van der Waals surface area contributed by atoms with Crippen molar-refractivity contribution in [2.75, 3.05) is 5.33 Å². The molecule has 104 valence electrons. The van der Waals surface area contributed by atoms with Gasteiger partial charge in [-0.2, -0.15) is 0 Å². The molecule has 0 spiro atoms. The van der Waals surface area contributed by atoms with Crippen molar-refractivity contribution < 1.29 is 14.1 Å². The van der Waals surface area contributed by atoms with E-state index in [1.54, 1.807) is 24.3 Å². The smallest absolute Gasteiger partial charge is 0.275 e. The van der Waals surface area contributed by atoms with Gasteiger partial charge in [0, 0.05) is 11.4 Å². The molecule has 0 saturated heterocycles. The highest BCUT2D eigenvalue weighted by atomic mass is 79.9. The van der Waals surface area contributed by atoms with Gasteiger partial charge < -0.3 is 4.74 Å². The Morgan fingerprint density at radius 3 is 2.50 bits per heavy atom. The molecule has 4 nitrogen and oxygen atoms in total. The number of ether oxygens (including phenoxy) is 1. The van der Waals surface area contributed by atoms with E-state index in [2.05, 4.69) is 15.9 Å². The van der Waals surface area contributed by atoms with E-state index in [1.165, 1.54) is 12.1 Å². The van der Waals surface area contributed by atoms with E-state index in [4.69, 9.17) is 4.74 Å². The van der Waals surface area contributed by atoms with Crippen molar-refractivity contribution in [2.45, 2.75) is 6.42 Å². The molecule has 2 rings (SSSR count). The van der Waals surface area contributed by atoms with Gasteiger partial charge in [-0.05, 0) is 24.6 Å². The summed E-state index contributed by atoms with van der Waals surface area (Å²) in [5, 5.41) is 11.3. The van der Waals surface area contributed by atoms with Gasteiger partial charge in [-0.15, -0.1) is 0 Å². The lowest BCUT2D eigenvalue weighted by atomic mass is 10.1. The molecule has 0 atom stereocenters. The zero-order valence-electron chi connectivity index (χ0n) is 10.4. The molecule has 0 unspecified atom stereocenters. The number of hydrogen-bond acceptors (Lipinski definition) is 3. The van der Waals surface area contributed by atoms with Crippen LogP contribution in [0.15, 0.2) is 42.5 Å². The van der Waals surface area contributed by atoms with Crippen LogP contribution in [0.5, 0.6) is 11.5 Å². The minimum Gasteiger partial charge on any atom is -0.454 e. The standard InChI is InChI=1S/C14H11BrFNO3/c15-9-8-11-12(17(18)19)6-7-13(14(11)16)20-10-4-2-1-3-5-10/h1-7H,8-9H2. The van der Waals surface area contributed by atoms with Crippen molar-refractivity contribution in [1.29, 1.82) is 0 Å². The van der Waals surface area contributed by atoms with Gasteiger partial charge in [-0.3, -0.25) is 10.1 Å². The number of rotatable bonds is 5. The number of halogens is 2. The van der Waals surface area contributed by atoms with E-state index in [0.717, 1.165) is 0 Å². The van der Waals surface area contributed by atoms with Gasteiger partial charge in [0.25, 0.3) is 5.69 Å². The predicted octanol–water partition coefficient (Wildman–Crippen LogP) is 4.46. The second-order valence-electron chi connectivity index (χ2n) is 3.99. The highest BCUT2D eigenvalue weighted by molar-refractivity contribution is 9.09. The third-order valence-electron chi connectivity index (χ3n) is 2.70. The molecule has 0 saturated carbocycles.